The van der Waals surface area contributed by atoms with Gasteiger partial charge in [-0.2, -0.15) is 0 Å². The van der Waals surface area contributed by atoms with Gasteiger partial charge in [-0.3, -0.25) is 4.79 Å². The van der Waals surface area contributed by atoms with E-state index in [0.717, 1.165) is 22.6 Å². The van der Waals surface area contributed by atoms with Crippen molar-refractivity contribution in [3.63, 3.8) is 0 Å². The van der Waals surface area contributed by atoms with Crippen molar-refractivity contribution in [2.75, 3.05) is 14.2 Å². The molecule has 0 aliphatic carbocycles. The third-order valence-electron chi connectivity index (χ3n) is 5.55. The fourth-order valence-corrected chi connectivity index (χ4v) is 3.39. The predicted octanol–water partition coefficient (Wildman–Crippen LogP) is 5.24. The van der Waals surface area contributed by atoms with Gasteiger partial charge in [-0.05, 0) is 43.5 Å². The molecule has 0 aliphatic heterocycles. The van der Waals surface area contributed by atoms with Crippen molar-refractivity contribution in [3.8, 4) is 28.4 Å². The smallest absolute Gasteiger partial charge is 0.253 e. The van der Waals surface area contributed by atoms with Crippen LogP contribution < -0.4 is 14.8 Å². The molecule has 0 bridgehead atoms. The molecule has 1 N–H and O–H groups in total. The summed E-state index contributed by atoms with van der Waals surface area (Å²) in [5.41, 5.74) is 4.31. The minimum atomic E-state index is -0.0721. The number of nitrogens with one attached hydrogen (secondary N) is 1. The number of aromatic nitrogens is 1. The molecule has 3 rings (SSSR count). The van der Waals surface area contributed by atoms with E-state index in [-0.39, 0.29) is 11.9 Å². The fourth-order valence-electron chi connectivity index (χ4n) is 3.39. The molecule has 0 saturated heterocycles. The number of ether oxygens (including phenoxy) is 2. The number of benzene rings is 2. The van der Waals surface area contributed by atoms with Crippen LogP contribution >= 0.6 is 0 Å². The van der Waals surface area contributed by atoms with Crippen LogP contribution in [0.4, 0.5) is 0 Å². The van der Waals surface area contributed by atoms with Crippen LogP contribution in [-0.2, 0) is 0 Å². The molecule has 30 heavy (non-hydrogen) atoms. The number of carbonyl (C=O) groups excluding carboxylic acids is 1. The van der Waals surface area contributed by atoms with E-state index in [1.165, 1.54) is 0 Å². The van der Waals surface area contributed by atoms with E-state index in [1.807, 2.05) is 68.4 Å². The maximum absolute atomic E-state index is 13.1. The molecule has 2 aromatic carbocycles. The molecule has 158 valence electrons. The third-order valence-corrected chi connectivity index (χ3v) is 5.55. The molecule has 0 saturated carbocycles. The average Bonchev–Trinajstić information content (AvgIpc) is 3.10. The summed E-state index contributed by atoms with van der Waals surface area (Å²) in [7, 11) is 3.26. The molecule has 1 aromatic heterocycles. The van der Waals surface area contributed by atoms with Crippen molar-refractivity contribution in [2.24, 2.45) is 5.92 Å². The Morgan fingerprint density at radius 1 is 0.967 bits per heavy atom. The van der Waals surface area contributed by atoms with Crippen LogP contribution in [0.1, 0.15) is 36.8 Å². The minimum absolute atomic E-state index is 0.0721. The summed E-state index contributed by atoms with van der Waals surface area (Å²) in [6.45, 7) is 8.19. The number of hydrogen-bond acceptors (Lipinski definition) is 3. The molecular weight excluding hydrogens is 376 g/mol. The lowest BCUT2D eigenvalue weighted by Crippen LogP contribution is -2.36. The quantitative estimate of drug-likeness (QED) is 0.583. The van der Waals surface area contributed by atoms with Crippen molar-refractivity contribution in [1.82, 2.24) is 9.88 Å². The lowest BCUT2D eigenvalue weighted by molar-refractivity contribution is 0.0930. The van der Waals surface area contributed by atoms with Gasteiger partial charge in [0, 0.05) is 17.8 Å². The van der Waals surface area contributed by atoms with Gasteiger partial charge in [-0.1, -0.05) is 44.2 Å². The SMILES string of the molecule is COc1ccc(-n2c(-c3ccccc3)cc(C(=O)NC(C)C(C)C)c2C)c(OC)c1. The van der Waals surface area contributed by atoms with Gasteiger partial charge >= 0.3 is 0 Å². The maximum atomic E-state index is 13.1. The van der Waals surface area contributed by atoms with Gasteiger partial charge in [0.2, 0.25) is 0 Å². The molecule has 3 aromatic rings. The first kappa shape index (κ1) is 21.5. The molecule has 0 aliphatic rings. The average molecular weight is 407 g/mol. The first-order valence-electron chi connectivity index (χ1n) is 10.2. The zero-order valence-corrected chi connectivity index (χ0v) is 18.5. The van der Waals surface area contributed by atoms with Gasteiger partial charge in [0.1, 0.15) is 11.5 Å². The van der Waals surface area contributed by atoms with E-state index in [0.29, 0.717) is 23.0 Å². The third kappa shape index (κ3) is 4.20. The summed E-state index contributed by atoms with van der Waals surface area (Å²) in [5, 5.41) is 3.12. The highest BCUT2D eigenvalue weighted by atomic mass is 16.5. The molecule has 0 radical (unpaired) electrons. The maximum Gasteiger partial charge on any atom is 0.253 e. The second-order valence-electron chi connectivity index (χ2n) is 7.77. The van der Waals surface area contributed by atoms with Crippen molar-refractivity contribution < 1.29 is 14.3 Å². The predicted molar refractivity (Wildman–Crippen MR) is 121 cm³/mol. The Bertz CT molecular complexity index is 1020. The summed E-state index contributed by atoms with van der Waals surface area (Å²) in [6.07, 6.45) is 0. The summed E-state index contributed by atoms with van der Waals surface area (Å²) in [5.74, 6) is 1.67. The van der Waals surface area contributed by atoms with Crippen molar-refractivity contribution in [3.05, 3.63) is 65.9 Å². The van der Waals surface area contributed by atoms with Gasteiger partial charge in [-0.15, -0.1) is 0 Å². The normalized spacial score (nSPS) is 12.0. The molecule has 1 atom stereocenters. The van der Waals surface area contributed by atoms with E-state index in [4.69, 9.17) is 9.47 Å². The molecule has 1 unspecified atom stereocenters. The van der Waals surface area contributed by atoms with Gasteiger partial charge < -0.3 is 19.4 Å². The molecule has 5 nitrogen and oxygen atoms in total. The Kier molecular flexibility index (Phi) is 6.50. The lowest BCUT2D eigenvalue weighted by Gasteiger charge is -2.18. The Balaban J connectivity index is 2.19. The lowest BCUT2D eigenvalue weighted by atomic mass is 10.1. The van der Waals surface area contributed by atoms with Crippen LogP contribution in [0.15, 0.2) is 54.6 Å². The second-order valence-corrected chi connectivity index (χ2v) is 7.77. The minimum Gasteiger partial charge on any atom is -0.497 e. The summed E-state index contributed by atoms with van der Waals surface area (Å²) >= 11 is 0. The van der Waals surface area contributed by atoms with Gasteiger partial charge in [0.05, 0.1) is 31.2 Å². The Hall–Kier alpha value is -3.21. The number of methoxy groups -OCH3 is 2. The topological polar surface area (TPSA) is 52.5 Å². The Morgan fingerprint density at radius 3 is 2.27 bits per heavy atom. The van der Waals surface area contributed by atoms with E-state index in [1.54, 1.807) is 14.2 Å². The van der Waals surface area contributed by atoms with E-state index in [2.05, 4.69) is 23.7 Å². The molecule has 0 spiro atoms. The largest absolute Gasteiger partial charge is 0.497 e. The highest BCUT2D eigenvalue weighted by molar-refractivity contribution is 5.97. The molecule has 0 fully saturated rings. The van der Waals surface area contributed by atoms with Crippen molar-refractivity contribution in [1.29, 1.82) is 0 Å². The summed E-state index contributed by atoms with van der Waals surface area (Å²) in [6, 6.07) is 17.8. The monoisotopic (exact) mass is 406 g/mol. The first-order valence-corrected chi connectivity index (χ1v) is 10.2. The Labute approximate surface area is 178 Å². The second kappa shape index (κ2) is 9.08. The molecular formula is C25H30N2O3. The van der Waals surface area contributed by atoms with Crippen LogP contribution in [0, 0.1) is 12.8 Å². The number of carbonyl (C=O) groups is 1. The van der Waals surface area contributed by atoms with Gasteiger partial charge in [0.15, 0.2) is 0 Å². The van der Waals surface area contributed by atoms with E-state index in [9.17, 15) is 4.79 Å². The van der Waals surface area contributed by atoms with Crippen LogP contribution in [0.25, 0.3) is 16.9 Å². The zero-order chi connectivity index (χ0) is 21.8. The number of rotatable bonds is 7. The summed E-state index contributed by atoms with van der Waals surface area (Å²) < 4.78 is 13.1. The number of hydrogen-bond donors (Lipinski definition) is 1. The first-order chi connectivity index (χ1) is 14.4. The van der Waals surface area contributed by atoms with Gasteiger partial charge in [0.25, 0.3) is 5.91 Å². The standard InChI is InChI=1S/C25H30N2O3/c1-16(2)17(3)26-25(28)21-15-23(19-10-8-7-9-11-19)27(18(21)4)22-13-12-20(29-5)14-24(22)30-6/h7-17H,1-6H3,(H,26,28). The fraction of sp³-hybridized carbons (Fsp3) is 0.320. The van der Waals surface area contributed by atoms with Crippen LogP contribution in [-0.4, -0.2) is 30.7 Å². The summed E-state index contributed by atoms with van der Waals surface area (Å²) in [4.78, 5) is 13.1. The van der Waals surface area contributed by atoms with E-state index >= 15 is 0 Å². The van der Waals surface area contributed by atoms with Crippen molar-refractivity contribution in [2.45, 2.75) is 33.7 Å². The van der Waals surface area contributed by atoms with Crippen LogP contribution in [0.3, 0.4) is 0 Å². The van der Waals surface area contributed by atoms with Crippen LogP contribution in [0.2, 0.25) is 0 Å². The molecule has 5 heteroatoms. The number of nitrogens with zero attached hydrogens (tertiary/aromatic N) is 1. The highest BCUT2D eigenvalue weighted by Gasteiger charge is 2.23. The van der Waals surface area contributed by atoms with Crippen molar-refractivity contribution >= 4 is 5.91 Å². The molecule has 1 amide bonds. The zero-order valence-electron chi connectivity index (χ0n) is 18.5. The molecule has 1 heterocycles. The highest BCUT2D eigenvalue weighted by Crippen LogP contribution is 2.35. The van der Waals surface area contributed by atoms with Gasteiger partial charge in [-0.25, -0.2) is 0 Å². The van der Waals surface area contributed by atoms with E-state index < -0.39 is 0 Å². The number of amides is 1. The Morgan fingerprint density at radius 2 is 1.67 bits per heavy atom. The van der Waals surface area contributed by atoms with Crippen LogP contribution in [0.5, 0.6) is 11.5 Å².